The summed E-state index contributed by atoms with van der Waals surface area (Å²) in [5.41, 5.74) is 2.34. The number of carbonyl (C=O) groups is 1. The summed E-state index contributed by atoms with van der Waals surface area (Å²) in [6, 6.07) is 8.23. The average Bonchev–Trinajstić information content (AvgIpc) is 2.37. The van der Waals surface area contributed by atoms with Crippen LogP contribution >= 0.6 is 11.6 Å². The van der Waals surface area contributed by atoms with Crippen molar-refractivity contribution in [3.8, 4) is 0 Å². The second kappa shape index (κ2) is 8.15. The van der Waals surface area contributed by atoms with Gasteiger partial charge in [0.15, 0.2) is 0 Å². The van der Waals surface area contributed by atoms with E-state index in [9.17, 15) is 4.79 Å². The fraction of sp³-hybridized carbons (Fsp3) is 0.533. The van der Waals surface area contributed by atoms with Gasteiger partial charge in [-0.15, -0.1) is 11.6 Å². The van der Waals surface area contributed by atoms with Gasteiger partial charge in [0.05, 0.1) is 5.38 Å². The molecule has 0 aromatic heterocycles. The van der Waals surface area contributed by atoms with Gasteiger partial charge < -0.3 is 5.11 Å². The molecule has 1 aromatic carbocycles. The van der Waals surface area contributed by atoms with Crippen LogP contribution < -0.4 is 0 Å². The van der Waals surface area contributed by atoms with E-state index in [0.717, 1.165) is 12.0 Å². The van der Waals surface area contributed by atoms with E-state index in [0.29, 0.717) is 6.42 Å². The van der Waals surface area contributed by atoms with Crippen molar-refractivity contribution >= 4 is 17.6 Å². The van der Waals surface area contributed by atoms with Crippen LogP contribution in [0.4, 0.5) is 0 Å². The molecule has 1 aromatic rings. The minimum absolute atomic E-state index is 0.117. The summed E-state index contributed by atoms with van der Waals surface area (Å²) in [6.07, 6.45) is 5.42. The molecule has 0 aliphatic heterocycles. The van der Waals surface area contributed by atoms with E-state index in [1.54, 1.807) is 0 Å². The molecular formula is C15H21ClO2. The number of alkyl halides is 1. The Morgan fingerprint density at radius 1 is 1.28 bits per heavy atom. The first-order valence-corrected chi connectivity index (χ1v) is 7.01. The van der Waals surface area contributed by atoms with Gasteiger partial charge in [-0.3, -0.25) is 4.79 Å². The molecule has 0 heterocycles. The van der Waals surface area contributed by atoms with Gasteiger partial charge in [0, 0.05) is 6.42 Å². The third-order valence-corrected chi connectivity index (χ3v) is 3.49. The first-order valence-electron chi connectivity index (χ1n) is 6.58. The number of rotatable bonds is 8. The molecule has 1 unspecified atom stereocenters. The number of hydrogen-bond acceptors (Lipinski definition) is 1. The molecule has 2 nitrogen and oxygen atoms in total. The zero-order valence-corrected chi connectivity index (χ0v) is 11.6. The fourth-order valence-electron chi connectivity index (χ4n) is 1.89. The third kappa shape index (κ3) is 5.54. The summed E-state index contributed by atoms with van der Waals surface area (Å²) >= 11 is 6.17. The maximum atomic E-state index is 10.5. The standard InChI is InChI=1S/C15H21ClO2/c1-2-3-4-5-12-6-8-13(9-7-12)14(16)10-11-15(17)18/h6-9,14H,2-5,10-11H2,1H3,(H,17,18). The number of hydrogen-bond donors (Lipinski definition) is 1. The van der Waals surface area contributed by atoms with Crippen LogP contribution in [0.2, 0.25) is 0 Å². The molecule has 100 valence electrons. The van der Waals surface area contributed by atoms with Crippen molar-refractivity contribution in [3.05, 3.63) is 35.4 Å². The Balaban J connectivity index is 2.45. The molecule has 1 rings (SSSR count). The zero-order chi connectivity index (χ0) is 13.4. The van der Waals surface area contributed by atoms with E-state index >= 15 is 0 Å². The van der Waals surface area contributed by atoms with E-state index in [-0.39, 0.29) is 11.8 Å². The Labute approximate surface area is 114 Å². The molecule has 1 N–H and O–H groups in total. The number of unbranched alkanes of at least 4 members (excludes halogenated alkanes) is 2. The van der Waals surface area contributed by atoms with Crippen LogP contribution in [0, 0.1) is 0 Å². The van der Waals surface area contributed by atoms with Crippen molar-refractivity contribution in [3.63, 3.8) is 0 Å². The van der Waals surface area contributed by atoms with E-state index in [1.807, 2.05) is 12.1 Å². The summed E-state index contributed by atoms with van der Waals surface area (Å²) in [4.78, 5) is 10.5. The van der Waals surface area contributed by atoms with Crippen LogP contribution in [0.15, 0.2) is 24.3 Å². The largest absolute Gasteiger partial charge is 0.481 e. The van der Waals surface area contributed by atoms with Crippen molar-refractivity contribution in [2.75, 3.05) is 0 Å². The normalized spacial score (nSPS) is 12.3. The topological polar surface area (TPSA) is 37.3 Å². The van der Waals surface area contributed by atoms with E-state index in [2.05, 4.69) is 19.1 Å². The number of aryl methyl sites for hydroxylation is 1. The first kappa shape index (κ1) is 15.0. The highest BCUT2D eigenvalue weighted by atomic mass is 35.5. The molecule has 0 saturated heterocycles. The lowest BCUT2D eigenvalue weighted by Crippen LogP contribution is -1.98. The van der Waals surface area contributed by atoms with Gasteiger partial charge >= 0.3 is 5.97 Å². The minimum atomic E-state index is -0.795. The molecule has 0 aliphatic carbocycles. The predicted molar refractivity (Wildman–Crippen MR) is 75.1 cm³/mol. The highest BCUT2D eigenvalue weighted by Gasteiger charge is 2.09. The molecule has 3 heteroatoms. The number of aliphatic carboxylic acids is 1. The quantitative estimate of drug-likeness (QED) is 0.554. The van der Waals surface area contributed by atoms with Gasteiger partial charge in [-0.05, 0) is 30.4 Å². The van der Waals surface area contributed by atoms with Gasteiger partial charge in [0.1, 0.15) is 0 Å². The average molecular weight is 269 g/mol. The van der Waals surface area contributed by atoms with Gasteiger partial charge in [0.25, 0.3) is 0 Å². The Morgan fingerprint density at radius 3 is 2.50 bits per heavy atom. The van der Waals surface area contributed by atoms with Crippen LogP contribution in [-0.4, -0.2) is 11.1 Å². The molecular weight excluding hydrogens is 248 g/mol. The van der Waals surface area contributed by atoms with Crippen molar-refractivity contribution < 1.29 is 9.90 Å². The third-order valence-electron chi connectivity index (χ3n) is 3.02. The van der Waals surface area contributed by atoms with Crippen LogP contribution in [0.3, 0.4) is 0 Å². The molecule has 0 amide bonds. The van der Waals surface area contributed by atoms with Gasteiger partial charge in [-0.2, -0.15) is 0 Å². The number of benzene rings is 1. The molecule has 1 atom stereocenters. The Bertz CT molecular complexity index is 359. The van der Waals surface area contributed by atoms with Crippen LogP contribution in [0.25, 0.3) is 0 Å². The van der Waals surface area contributed by atoms with Gasteiger partial charge in [0.2, 0.25) is 0 Å². The number of halogens is 1. The van der Waals surface area contributed by atoms with E-state index in [4.69, 9.17) is 16.7 Å². The second-order valence-electron chi connectivity index (χ2n) is 4.60. The highest BCUT2D eigenvalue weighted by molar-refractivity contribution is 6.20. The molecule has 0 aliphatic rings. The SMILES string of the molecule is CCCCCc1ccc(C(Cl)CCC(=O)O)cc1. The van der Waals surface area contributed by atoms with E-state index in [1.165, 1.54) is 24.8 Å². The van der Waals surface area contributed by atoms with Crippen molar-refractivity contribution in [2.24, 2.45) is 0 Å². The number of carboxylic acid groups (broad SMARTS) is 1. The lowest BCUT2D eigenvalue weighted by Gasteiger charge is -2.09. The maximum Gasteiger partial charge on any atom is 0.303 e. The lowest BCUT2D eigenvalue weighted by atomic mass is 10.0. The van der Waals surface area contributed by atoms with Crippen LogP contribution in [-0.2, 0) is 11.2 Å². The monoisotopic (exact) mass is 268 g/mol. The smallest absolute Gasteiger partial charge is 0.303 e. The zero-order valence-electron chi connectivity index (χ0n) is 10.9. The molecule has 0 spiro atoms. The first-order chi connectivity index (χ1) is 8.63. The molecule has 0 fully saturated rings. The molecule has 0 bridgehead atoms. The fourth-order valence-corrected chi connectivity index (χ4v) is 2.14. The second-order valence-corrected chi connectivity index (χ2v) is 5.13. The van der Waals surface area contributed by atoms with Crippen LogP contribution in [0.5, 0.6) is 0 Å². The summed E-state index contributed by atoms with van der Waals surface area (Å²) < 4.78 is 0. The Kier molecular flexibility index (Phi) is 6.81. The highest BCUT2D eigenvalue weighted by Crippen LogP contribution is 2.26. The maximum absolute atomic E-state index is 10.5. The summed E-state index contributed by atoms with van der Waals surface area (Å²) in [7, 11) is 0. The minimum Gasteiger partial charge on any atom is -0.481 e. The predicted octanol–water partition coefficient (Wildman–Crippen LogP) is 4.56. The van der Waals surface area contributed by atoms with Gasteiger partial charge in [-0.1, -0.05) is 44.0 Å². The van der Waals surface area contributed by atoms with Crippen molar-refractivity contribution in [1.82, 2.24) is 0 Å². The lowest BCUT2D eigenvalue weighted by molar-refractivity contribution is -0.137. The summed E-state index contributed by atoms with van der Waals surface area (Å²) in [5, 5.41) is 8.41. The Hall–Kier alpha value is -1.02. The van der Waals surface area contributed by atoms with E-state index < -0.39 is 5.97 Å². The Morgan fingerprint density at radius 2 is 1.94 bits per heavy atom. The molecule has 0 radical (unpaired) electrons. The van der Waals surface area contributed by atoms with Crippen LogP contribution in [0.1, 0.15) is 55.5 Å². The van der Waals surface area contributed by atoms with Gasteiger partial charge in [-0.25, -0.2) is 0 Å². The summed E-state index contributed by atoms with van der Waals surface area (Å²) in [5.74, 6) is -0.795. The molecule has 18 heavy (non-hydrogen) atoms. The summed E-state index contributed by atoms with van der Waals surface area (Å²) in [6.45, 7) is 2.20. The number of carboxylic acids is 1. The van der Waals surface area contributed by atoms with Crippen molar-refractivity contribution in [2.45, 2.75) is 50.8 Å². The molecule has 0 saturated carbocycles. The van der Waals surface area contributed by atoms with Crippen molar-refractivity contribution in [1.29, 1.82) is 0 Å².